The molecule has 1 aliphatic heterocycles. The topological polar surface area (TPSA) is 75.5 Å². The third-order valence-corrected chi connectivity index (χ3v) is 8.16. The average molecular weight is 599 g/mol. The fourth-order valence-corrected chi connectivity index (χ4v) is 5.52. The quantitative estimate of drug-likeness (QED) is 0.181. The SMILES string of the molecule is C=C/C=C\C(=C)CN1CCC(n2c(Nc3ccc(OC)cc3)nc3ccc(C(=O)N(CCC(C)C)CCC(C)C)nc32)CC1. The predicted octanol–water partition coefficient (Wildman–Crippen LogP) is 7.65. The van der Waals surface area contributed by atoms with Crippen molar-refractivity contribution in [2.75, 3.05) is 45.2 Å². The second kappa shape index (κ2) is 15.7. The Balaban J connectivity index is 1.65. The van der Waals surface area contributed by atoms with E-state index in [9.17, 15) is 4.79 Å². The van der Waals surface area contributed by atoms with Crippen molar-refractivity contribution in [3.63, 3.8) is 0 Å². The highest BCUT2D eigenvalue weighted by atomic mass is 16.5. The molecule has 0 bridgehead atoms. The summed E-state index contributed by atoms with van der Waals surface area (Å²) >= 11 is 0. The zero-order chi connectivity index (χ0) is 31.6. The number of fused-ring (bicyclic) bond motifs is 1. The van der Waals surface area contributed by atoms with E-state index in [1.165, 1.54) is 0 Å². The number of benzene rings is 1. The molecule has 1 aromatic carbocycles. The van der Waals surface area contributed by atoms with Crippen LogP contribution >= 0.6 is 0 Å². The van der Waals surface area contributed by atoms with Crippen LogP contribution in [0.2, 0.25) is 0 Å². The Labute approximate surface area is 263 Å². The van der Waals surface area contributed by atoms with E-state index in [1.54, 1.807) is 13.2 Å². The van der Waals surface area contributed by atoms with Crippen molar-refractivity contribution in [1.82, 2.24) is 24.3 Å². The second-order valence-electron chi connectivity index (χ2n) is 12.6. The van der Waals surface area contributed by atoms with Crippen LogP contribution in [-0.4, -0.2) is 70.1 Å². The van der Waals surface area contributed by atoms with Crippen molar-refractivity contribution >= 4 is 28.7 Å². The average Bonchev–Trinajstić information content (AvgIpc) is 3.37. The largest absolute Gasteiger partial charge is 0.497 e. The lowest BCUT2D eigenvalue weighted by molar-refractivity contribution is 0.0735. The molecule has 0 atom stereocenters. The molecule has 236 valence electrons. The Morgan fingerprint density at radius 3 is 2.30 bits per heavy atom. The maximum atomic E-state index is 13.9. The zero-order valence-corrected chi connectivity index (χ0v) is 27.3. The number of hydrogen-bond donors (Lipinski definition) is 1. The number of allylic oxidation sites excluding steroid dienone is 2. The van der Waals surface area contributed by atoms with Gasteiger partial charge < -0.3 is 15.0 Å². The number of piperidine rings is 1. The zero-order valence-electron chi connectivity index (χ0n) is 27.3. The number of rotatable bonds is 15. The Morgan fingerprint density at radius 2 is 1.70 bits per heavy atom. The molecule has 1 amide bonds. The van der Waals surface area contributed by atoms with Crippen molar-refractivity contribution in [3.8, 4) is 5.75 Å². The van der Waals surface area contributed by atoms with Gasteiger partial charge in [0.2, 0.25) is 5.95 Å². The van der Waals surface area contributed by atoms with Gasteiger partial charge in [0, 0.05) is 44.5 Å². The molecule has 0 aliphatic carbocycles. The number of carbonyl (C=O) groups excluding carboxylic acids is 1. The molecule has 0 radical (unpaired) electrons. The number of carbonyl (C=O) groups is 1. The van der Waals surface area contributed by atoms with Crippen molar-refractivity contribution in [3.05, 3.63) is 79.1 Å². The molecule has 3 heterocycles. The van der Waals surface area contributed by atoms with Gasteiger partial charge in [0.05, 0.1) is 7.11 Å². The van der Waals surface area contributed by atoms with Crippen LogP contribution in [0.4, 0.5) is 11.6 Å². The number of likely N-dealkylation sites (tertiary alicyclic amines) is 1. The first kappa shape index (κ1) is 33.0. The maximum absolute atomic E-state index is 13.9. The molecule has 2 aromatic heterocycles. The minimum Gasteiger partial charge on any atom is -0.497 e. The van der Waals surface area contributed by atoms with Crippen LogP contribution in [0, 0.1) is 11.8 Å². The van der Waals surface area contributed by atoms with Gasteiger partial charge in [-0.25, -0.2) is 9.97 Å². The molecule has 3 aromatic rings. The van der Waals surface area contributed by atoms with Gasteiger partial charge in [0.25, 0.3) is 5.91 Å². The maximum Gasteiger partial charge on any atom is 0.272 e. The molecule has 1 N–H and O–H groups in total. The summed E-state index contributed by atoms with van der Waals surface area (Å²) in [5.41, 5.74) is 3.98. The molecule has 0 spiro atoms. The van der Waals surface area contributed by atoms with Crippen molar-refractivity contribution in [2.24, 2.45) is 11.8 Å². The number of aromatic nitrogens is 3. The summed E-state index contributed by atoms with van der Waals surface area (Å²) in [7, 11) is 1.66. The lowest BCUT2D eigenvalue weighted by atomic mass is 10.0. The lowest BCUT2D eigenvalue weighted by Gasteiger charge is -2.33. The first-order valence-electron chi connectivity index (χ1n) is 16.0. The van der Waals surface area contributed by atoms with E-state index >= 15 is 0 Å². The molecule has 4 rings (SSSR count). The molecule has 8 nitrogen and oxygen atoms in total. The first-order chi connectivity index (χ1) is 21.2. The summed E-state index contributed by atoms with van der Waals surface area (Å²) in [6.45, 7) is 20.9. The van der Waals surface area contributed by atoms with Crippen LogP contribution < -0.4 is 10.1 Å². The van der Waals surface area contributed by atoms with Gasteiger partial charge >= 0.3 is 0 Å². The van der Waals surface area contributed by atoms with Gasteiger partial charge in [0.15, 0.2) is 5.65 Å². The molecular formula is C36H50N6O2. The third-order valence-electron chi connectivity index (χ3n) is 8.16. The Kier molecular flexibility index (Phi) is 11.8. The number of anilines is 2. The molecule has 1 fully saturated rings. The number of ether oxygens (including phenoxy) is 1. The Hall–Kier alpha value is -3.91. The van der Waals surface area contributed by atoms with Gasteiger partial charge in [-0.2, -0.15) is 0 Å². The Morgan fingerprint density at radius 1 is 1.05 bits per heavy atom. The second-order valence-corrected chi connectivity index (χ2v) is 12.6. The number of amides is 1. The van der Waals surface area contributed by atoms with Crippen LogP contribution in [-0.2, 0) is 0 Å². The van der Waals surface area contributed by atoms with Gasteiger partial charge in [-0.1, -0.05) is 59.1 Å². The van der Waals surface area contributed by atoms with Gasteiger partial charge in [-0.3, -0.25) is 14.3 Å². The van der Waals surface area contributed by atoms with Crippen molar-refractivity contribution < 1.29 is 9.53 Å². The first-order valence-corrected chi connectivity index (χ1v) is 16.0. The molecule has 8 heteroatoms. The molecule has 1 aliphatic rings. The predicted molar refractivity (Wildman–Crippen MR) is 182 cm³/mol. The minimum atomic E-state index is -0.00785. The normalized spacial score (nSPS) is 14.5. The highest BCUT2D eigenvalue weighted by Crippen LogP contribution is 2.32. The van der Waals surface area contributed by atoms with Gasteiger partial charge in [-0.15, -0.1) is 0 Å². The van der Waals surface area contributed by atoms with E-state index in [2.05, 4.69) is 55.6 Å². The summed E-state index contributed by atoms with van der Waals surface area (Å²) in [5.74, 6) is 2.56. The van der Waals surface area contributed by atoms with E-state index < -0.39 is 0 Å². The molecule has 0 saturated carbocycles. The van der Waals surface area contributed by atoms with E-state index in [1.807, 2.05) is 53.5 Å². The summed E-state index contributed by atoms with van der Waals surface area (Å²) in [6, 6.07) is 11.8. The van der Waals surface area contributed by atoms with E-state index in [0.717, 1.165) is 92.5 Å². The molecule has 1 saturated heterocycles. The summed E-state index contributed by atoms with van der Waals surface area (Å²) in [4.78, 5) is 28.3. The smallest absolute Gasteiger partial charge is 0.272 e. The number of hydrogen-bond acceptors (Lipinski definition) is 6. The van der Waals surface area contributed by atoms with Crippen LogP contribution in [0.1, 0.15) is 69.9 Å². The van der Waals surface area contributed by atoms with Crippen LogP contribution in [0.25, 0.3) is 11.2 Å². The van der Waals surface area contributed by atoms with Crippen molar-refractivity contribution in [1.29, 1.82) is 0 Å². The summed E-state index contributed by atoms with van der Waals surface area (Å²) in [5, 5.41) is 3.53. The highest BCUT2D eigenvalue weighted by molar-refractivity contribution is 5.94. The summed E-state index contributed by atoms with van der Waals surface area (Å²) in [6.07, 6.45) is 9.54. The monoisotopic (exact) mass is 598 g/mol. The molecular weight excluding hydrogens is 548 g/mol. The number of methoxy groups -OCH3 is 1. The number of nitrogens with one attached hydrogen (secondary N) is 1. The lowest BCUT2D eigenvalue weighted by Crippen LogP contribution is -2.36. The molecule has 44 heavy (non-hydrogen) atoms. The van der Waals surface area contributed by atoms with Crippen LogP contribution in [0.3, 0.4) is 0 Å². The Bertz CT molecular complexity index is 1420. The number of imidazole rings is 1. The standard InChI is InChI=1S/C36H50N6O2/c1-8-9-10-28(6)25-40-21-19-30(20-22-40)42-34-32(39-36(42)37-29-11-13-31(44-7)14-12-29)15-16-33(38-34)35(43)41(23-17-26(2)3)24-18-27(4)5/h8-16,26-27,30H,1,6,17-25H2,2-5,7H3,(H,37,39)/b10-9-. The van der Waals surface area contributed by atoms with Gasteiger partial charge in [-0.05, 0) is 79.5 Å². The van der Waals surface area contributed by atoms with Crippen molar-refractivity contribution in [2.45, 2.75) is 59.4 Å². The van der Waals surface area contributed by atoms with E-state index in [4.69, 9.17) is 14.7 Å². The highest BCUT2D eigenvalue weighted by Gasteiger charge is 2.27. The third kappa shape index (κ3) is 8.82. The van der Waals surface area contributed by atoms with E-state index in [0.29, 0.717) is 17.5 Å². The minimum absolute atomic E-state index is 0.00785. The van der Waals surface area contributed by atoms with Gasteiger partial charge in [0.1, 0.15) is 17.0 Å². The fraction of sp³-hybridized carbons (Fsp3) is 0.472. The fourth-order valence-electron chi connectivity index (χ4n) is 5.52. The number of nitrogens with zero attached hydrogens (tertiary/aromatic N) is 5. The van der Waals surface area contributed by atoms with Crippen LogP contribution in [0.5, 0.6) is 5.75 Å². The number of pyridine rings is 1. The molecule has 0 unspecified atom stereocenters. The van der Waals surface area contributed by atoms with Crippen LogP contribution in [0.15, 0.2) is 73.4 Å². The summed E-state index contributed by atoms with van der Waals surface area (Å²) < 4.78 is 7.56. The van der Waals surface area contributed by atoms with E-state index in [-0.39, 0.29) is 11.9 Å².